The molecule has 12 heavy (non-hydrogen) atoms. The topological polar surface area (TPSA) is 90.2 Å². The summed E-state index contributed by atoms with van der Waals surface area (Å²) in [6, 6.07) is 0. The van der Waals surface area contributed by atoms with E-state index in [1.54, 1.807) is 0 Å². The van der Waals surface area contributed by atoms with E-state index in [-0.39, 0.29) is 0 Å². The molecular weight excluding hydrogens is 171 g/mol. The van der Waals surface area contributed by atoms with Gasteiger partial charge in [-0.3, -0.25) is 0 Å². The summed E-state index contributed by atoms with van der Waals surface area (Å²) in [5.74, 6) is 0. The molecule has 1 aliphatic rings. The summed E-state index contributed by atoms with van der Waals surface area (Å²) in [5.41, 5.74) is 0. The summed E-state index contributed by atoms with van der Waals surface area (Å²) in [6.45, 7) is -0.652. The Hall–Kier alpha value is -0.270. The number of hydrogen-bond donors (Lipinski definition) is 4. The van der Waals surface area contributed by atoms with Crippen LogP contribution in [-0.4, -0.2) is 57.8 Å². The van der Waals surface area contributed by atoms with Gasteiger partial charge in [-0.05, 0) is 0 Å². The number of aliphatic hydroxyl groups is 4. The highest BCUT2D eigenvalue weighted by atomic mass is 19.1. The molecule has 1 fully saturated rings. The van der Waals surface area contributed by atoms with E-state index in [4.69, 9.17) is 20.4 Å². The van der Waals surface area contributed by atoms with E-state index >= 15 is 0 Å². The molecule has 0 amide bonds. The maximum atomic E-state index is 12.6. The number of alkyl halides is 1. The minimum Gasteiger partial charge on any atom is -0.394 e. The van der Waals surface area contributed by atoms with Gasteiger partial charge in [-0.15, -0.1) is 0 Å². The van der Waals surface area contributed by atoms with E-state index in [9.17, 15) is 4.39 Å². The van der Waals surface area contributed by atoms with Gasteiger partial charge in [0, 0.05) is 0 Å². The van der Waals surface area contributed by atoms with Gasteiger partial charge in [-0.1, -0.05) is 0 Å². The minimum absolute atomic E-state index is 0.652. The predicted octanol–water partition coefficient (Wildman–Crippen LogP) is -2.24. The van der Waals surface area contributed by atoms with Crippen LogP contribution in [0.1, 0.15) is 0 Å². The van der Waals surface area contributed by atoms with Crippen LogP contribution < -0.4 is 0 Å². The van der Waals surface area contributed by atoms with E-state index in [1.807, 2.05) is 0 Å². The van der Waals surface area contributed by atoms with E-state index in [0.717, 1.165) is 0 Å². The van der Waals surface area contributed by atoms with Crippen LogP contribution in [0.15, 0.2) is 0 Å². The Balaban J connectivity index is 2.58. The molecule has 0 radical (unpaired) electrons. The second-order valence-electron chi connectivity index (χ2n) is 2.68. The van der Waals surface area contributed by atoms with Crippen LogP contribution in [0.2, 0.25) is 0 Å². The molecule has 0 spiro atoms. The third kappa shape index (κ3) is 1.57. The number of hydrogen-bond acceptors (Lipinski definition) is 5. The molecule has 6 heteroatoms. The molecule has 1 aliphatic heterocycles. The maximum Gasteiger partial charge on any atom is 0.189 e. The Morgan fingerprint density at radius 3 is 2.33 bits per heavy atom. The molecule has 0 aromatic rings. The SMILES string of the molecule is OC[C@@H](O)[C@@H]1O[C@@H](O)[C@H](F)[C@H]1O. The molecule has 5 atom stereocenters. The predicted molar refractivity (Wildman–Crippen MR) is 34.9 cm³/mol. The van der Waals surface area contributed by atoms with Crippen LogP contribution in [0, 0.1) is 0 Å². The van der Waals surface area contributed by atoms with Gasteiger partial charge in [0.25, 0.3) is 0 Å². The average Bonchev–Trinajstić information content (AvgIpc) is 2.32. The molecule has 5 nitrogen and oxygen atoms in total. The van der Waals surface area contributed by atoms with Crippen molar-refractivity contribution in [3.8, 4) is 0 Å². The molecule has 0 saturated carbocycles. The van der Waals surface area contributed by atoms with Crippen LogP contribution in [0.25, 0.3) is 0 Å². The fourth-order valence-electron chi connectivity index (χ4n) is 1.09. The van der Waals surface area contributed by atoms with E-state index in [2.05, 4.69) is 4.74 Å². The van der Waals surface area contributed by atoms with Crippen molar-refractivity contribution in [2.45, 2.75) is 30.8 Å². The molecule has 1 rings (SSSR count). The lowest BCUT2D eigenvalue weighted by atomic mass is 10.1. The molecule has 0 bridgehead atoms. The first-order valence-electron chi connectivity index (χ1n) is 3.52. The number of halogens is 1. The van der Waals surface area contributed by atoms with E-state index < -0.39 is 37.4 Å². The van der Waals surface area contributed by atoms with Gasteiger partial charge < -0.3 is 25.2 Å². The highest BCUT2D eigenvalue weighted by Gasteiger charge is 2.46. The van der Waals surface area contributed by atoms with Gasteiger partial charge in [-0.2, -0.15) is 0 Å². The Labute approximate surface area is 68.0 Å². The van der Waals surface area contributed by atoms with Crippen molar-refractivity contribution in [1.82, 2.24) is 0 Å². The second kappa shape index (κ2) is 3.63. The quantitative estimate of drug-likeness (QED) is 0.387. The highest BCUT2D eigenvalue weighted by molar-refractivity contribution is 4.89. The zero-order valence-electron chi connectivity index (χ0n) is 6.17. The third-order valence-corrected chi connectivity index (χ3v) is 1.80. The fourth-order valence-corrected chi connectivity index (χ4v) is 1.09. The summed E-state index contributed by atoms with van der Waals surface area (Å²) in [6.07, 6.45) is -7.90. The van der Waals surface area contributed by atoms with Crippen molar-refractivity contribution in [2.24, 2.45) is 0 Å². The molecule has 1 saturated heterocycles. The lowest BCUT2D eigenvalue weighted by Crippen LogP contribution is -2.39. The van der Waals surface area contributed by atoms with E-state index in [1.165, 1.54) is 0 Å². The van der Waals surface area contributed by atoms with E-state index in [0.29, 0.717) is 0 Å². The highest BCUT2D eigenvalue weighted by Crippen LogP contribution is 2.24. The molecule has 0 aromatic carbocycles. The summed E-state index contributed by atoms with van der Waals surface area (Å²) in [7, 11) is 0. The fraction of sp³-hybridized carbons (Fsp3) is 1.00. The van der Waals surface area contributed by atoms with Crippen LogP contribution in [-0.2, 0) is 4.74 Å². The summed E-state index contributed by atoms with van der Waals surface area (Å²) < 4.78 is 17.1. The standard InChI is InChI=1S/C6H11FO5/c7-3-4(10)5(2(9)1-8)12-6(3)11/h2-6,8-11H,1H2/t2-,3-,4-,5+,6-/m1/s1. The molecule has 4 N–H and O–H groups in total. The number of rotatable bonds is 2. The molecule has 0 aromatic heterocycles. The van der Waals surface area contributed by atoms with Gasteiger partial charge >= 0.3 is 0 Å². The zero-order chi connectivity index (χ0) is 9.30. The maximum absolute atomic E-state index is 12.6. The first-order valence-corrected chi connectivity index (χ1v) is 3.52. The summed E-state index contributed by atoms with van der Waals surface area (Å²) in [5, 5.41) is 35.1. The van der Waals surface area contributed by atoms with Crippen LogP contribution in [0.4, 0.5) is 4.39 Å². The summed E-state index contributed by atoms with van der Waals surface area (Å²) >= 11 is 0. The van der Waals surface area contributed by atoms with Gasteiger partial charge in [0.15, 0.2) is 12.5 Å². The Morgan fingerprint density at radius 1 is 1.42 bits per heavy atom. The van der Waals surface area contributed by atoms with Gasteiger partial charge in [0.2, 0.25) is 0 Å². The first-order chi connectivity index (χ1) is 5.57. The smallest absolute Gasteiger partial charge is 0.189 e. The van der Waals surface area contributed by atoms with Crippen molar-refractivity contribution >= 4 is 0 Å². The number of ether oxygens (including phenoxy) is 1. The van der Waals surface area contributed by atoms with Crippen molar-refractivity contribution in [2.75, 3.05) is 6.61 Å². The third-order valence-electron chi connectivity index (χ3n) is 1.80. The van der Waals surface area contributed by atoms with Gasteiger partial charge in [0.05, 0.1) is 6.61 Å². The summed E-state index contributed by atoms with van der Waals surface area (Å²) in [4.78, 5) is 0. The average molecular weight is 182 g/mol. The monoisotopic (exact) mass is 182 g/mol. The van der Waals surface area contributed by atoms with Gasteiger partial charge in [-0.25, -0.2) is 4.39 Å². The molecular formula is C6H11FO5. The Morgan fingerprint density at radius 2 is 2.00 bits per heavy atom. The Bertz CT molecular complexity index is 155. The van der Waals surface area contributed by atoms with Crippen molar-refractivity contribution in [1.29, 1.82) is 0 Å². The van der Waals surface area contributed by atoms with Crippen LogP contribution >= 0.6 is 0 Å². The first kappa shape index (κ1) is 9.82. The molecule has 0 aliphatic carbocycles. The largest absolute Gasteiger partial charge is 0.394 e. The second-order valence-corrected chi connectivity index (χ2v) is 2.68. The Kier molecular flexibility index (Phi) is 2.97. The lowest BCUT2D eigenvalue weighted by Gasteiger charge is -2.17. The lowest BCUT2D eigenvalue weighted by molar-refractivity contribution is -0.143. The minimum atomic E-state index is -1.93. The van der Waals surface area contributed by atoms with Crippen LogP contribution in [0.5, 0.6) is 0 Å². The van der Waals surface area contributed by atoms with Crippen LogP contribution in [0.3, 0.4) is 0 Å². The van der Waals surface area contributed by atoms with Crippen molar-refractivity contribution in [3.05, 3.63) is 0 Å². The van der Waals surface area contributed by atoms with Crippen molar-refractivity contribution < 1.29 is 29.6 Å². The molecule has 0 unspecified atom stereocenters. The molecule has 1 heterocycles. The van der Waals surface area contributed by atoms with Crippen molar-refractivity contribution in [3.63, 3.8) is 0 Å². The van der Waals surface area contributed by atoms with Gasteiger partial charge in [0.1, 0.15) is 18.3 Å². The molecule has 72 valence electrons. The normalized spacial score (nSPS) is 44.8. The number of aliphatic hydroxyl groups excluding tert-OH is 4. The zero-order valence-corrected chi connectivity index (χ0v) is 6.17.